The van der Waals surface area contributed by atoms with Gasteiger partial charge in [0.2, 0.25) is 0 Å². The maximum Gasteiger partial charge on any atom is 0.253 e. The first-order valence-electron chi connectivity index (χ1n) is 8.18. The second-order valence-corrected chi connectivity index (χ2v) is 6.62. The van der Waals surface area contributed by atoms with Crippen molar-refractivity contribution in [3.63, 3.8) is 0 Å². The molecule has 2 aromatic rings. The van der Waals surface area contributed by atoms with Gasteiger partial charge in [-0.1, -0.05) is 19.3 Å². The van der Waals surface area contributed by atoms with Gasteiger partial charge in [-0.25, -0.2) is 0 Å². The highest BCUT2D eigenvalue weighted by molar-refractivity contribution is 5.98. The molecular weight excluding hydrogens is 260 g/mol. The van der Waals surface area contributed by atoms with E-state index < -0.39 is 0 Å². The molecule has 2 aliphatic rings. The Morgan fingerprint density at radius 1 is 1.10 bits per heavy atom. The number of nitrogens with one attached hydrogen (secondary N) is 1. The Morgan fingerprint density at radius 3 is 2.86 bits per heavy atom. The second kappa shape index (κ2) is 5.21. The van der Waals surface area contributed by atoms with Crippen molar-refractivity contribution in [1.29, 1.82) is 0 Å². The van der Waals surface area contributed by atoms with Crippen molar-refractivity contribution in [3.05, 3.63) is 36.0 Å². The first-order chi connectivity index (χ1) is 10.3. The summed E-state index contributed by atoms with van der Waals surface area (Å²) in [5.74, 6) is 1.82. The van der Waals surface area contributed by atoms with Gasteiger partial charge in [-0.15, -0.1) is 0 Å². The Labute approximate surface area is 125 Å². The van der Waals surface area contributed by atoms with E-state index in [-0.39, 0.29) is 5.91 Å². The van der Waals surface area contributed by atoms with Gasteiger partial charge in [-0.2, -0.15) is 0 Å². The van der Waals surface area contributed by atoms with Crippen LogP contribution in [0.3, 0.4) is 0 Å². The van der Waals surface area contributed by atoms with Gasteiger partial charge in [0, 0.05) is 35.8 Å². The maximum absolute atomic E-state index is 12.8. The number of nitrogens with zero attached hydrogens (tertiary/aromatic N) is 1. The number of amides is 1. The van der Waals surface area contributed by atoms with Crippen molar-refractivity contribution < 1.29 is 4.79 Å². The van der Waals surface area contributed by atoms with E-state index >= 15 is 0 Å². The van der Waals surface area contributed by atoms with Gasteiger partial charge in [0.1, 0.15) is 0 Å². The van der Waals surface area contributed by atoms with E-state index in [1.807, 2.05) is 30.5 Å². The molecule has 1 N–H and O–H groups in total. The fraction of sp³-hybridized carbons (Fsp3) is 0.500. The number of H-pyrrole nitrogens is 1. The van der Waals surface area contributed by atoms with Crippen LogP contribution in [0, 0.1) is 11.8 Å². The van der Waals surface area contributed by atoms with E-state index in [2.05, 4.69) is 9.88 Å². The van der Waals surface area contributed by atoms with Crippen molar-refractivity contribution in [2.75, 3.05) is 13.1 Å². The first-order valence-corrected chi connectivity index (χ1v) is 8.18. The van der Waals surface area contributed by atoms with Crippen molar-refractivity contribution in [1.82, 2.24) is 9.88 Å². The number of hydrogen-bond acceptors (Lipinski definition) is 1. The van der Waals surface area contributed by atoms with Crippen molar-refractivity contribution in [2.24, 2.45) is 11.8 Å². The summed E-state index contributed by atoms with van der Waals surface area (Å²) in [4.78, 5) is 18.0. The maximum atomic E-state index is 12.8. The molecule has 1 saturated heterocycles. The number of benzene rings is 1. The minimum Gasteiger partial charge on any atom is -0.361 e. The molecule has 1 aliphatic carbocycles. The lowest BCUT2D eigenvalue weighted by molar-refractivity contribution is 0.0521. The Hall–Kier alpha value is -1.77. The van der Waals surface area contributed by atoms with E-state index in [4.69, 9.17) is 0 Å². The summed E-state index contributed by atoms with van der Waals surface area (Å²) in [7, 11) is 0. The predicted molar refractivity (Wildman–Crippen MR) is 84.3 cm³/mol. The van der Waals surface area contributed by atoms with Crippen LogP contribution in [-0.4, -0.2) is 28.9 Å². The summed E-state index contributed by atoms with van der Waals surface area (Å²) >= 11 is 0. The monoisotopic (exact) mass is 282 g/mol. The first kappa shape index (κ1) is 12.9. The van der Waals surface area contributed by atoms with Gasteiger partial charge in [-0.3, -0.25) is 4.79 Å². The van der Waals surface area contributed by atoms with E-state index in [0.29, 0.717) is 0 Å². The van der Waals surface area contributed by atoms with Crippen LogP contribution in [0.1, 0.15) is 42.5 Å². The Kier molecular flexibility index (Phi) is 3.21. The topological polar surface area (TPSA) is 36.1 Å². The number of rotatable bonds is 1. The molecule has 21 heavy (non-hydrogen) atoms. The average molecular weight is 282 g/mol. The number of fused-ring (bicyclic) bond motifs is 2. The van der Waals surface area contributed by atoms with Gasteiger partial charge in [0.25, 0.3) is 5.91 Å². The standard InChI is InChI=1S/C18H22N2O/c21-18(15-5-6-17-14(11-15)7-9-19-17)20-10-8-13-3-1-2-4-16(13)12-20/h5-7,9,11,13,16,19H,1-4,8,10,12H2. The number of likely N-dealkylation sites (tertiary alicyclic amines) is 1. The zero-order valence-corrected chi connectivity index (χ0v) is 12.3. The molecule has 3 nitrogen and oxygen atoms in total. The molecule has 1 aromatic carbocycles. The molecule has 0 radical (unpaired) electrons. The molecule has 1 aliphatic heterocycles. The second-order valence-electron chi connectivity index (χ2n) is 6.62. The largest absolute Gasteiger partial charge is 0.361 e. The highest BCUT2D eigenvalue weighted by Crippen LogP contribution is 2.36. The molecule has 1 aromatic heterocycles. The highest BCUT2D eigenvalue weighted by Gasteiger charge is 2.33. The summed E-state index contributed by atoms with van der Waals surface area (Å²) in [6, 6.07) is 8.00. The Balaban J connectivity index is 1.53. The fourth-order valence-electron chi connectivity index (χ4n) is 4.15. The van der Waals surface area contributed by atoms with E-state index in [1.54, 1.807) is 0 Å². The predicted octanol–water partition coefficient (Wildman–Crippen LogP) is 3.82. The van der Waals surface area contributed by atoms with Crippen LogP contribution >= 0.6 is 0 Å². The number of aromatic nitrogens is 1. The van der Waals surface area contributed by atoms with Crippen LogP contribution in [0.15, 0.2) is 30.5 Å². The van der Waals surface area contributed by atoms with Crippen LogP contribution in [0.25, 0.3) is 10.9 Å². The molecule has 2 unspecified atom stereocenters. The number of piperidine rings is 1. The summed E-state index contributed by atoms with van der Waals surface area (Å²) in [6.07, 6.45) is 8.54. The van der Waals surface area contributed by atoms with Gasteiger partial charge in [0.05, 0.1) is 0 Å². The van der Waals surface area contributed by atoms with Crippen molar-refractivity contribution in [3.8, 4) is 0 Å². The van der Waals surface area contributed by atoms with Crippen molar-refractivity contribution >= 4 is 16.8 Å². The van der Waals surface area contributed by atoms with E-state index in [1.165, 1.54) is 32.1 Å². The third-order valence-electron chi connectivity index (χ3n) is 5.38. The van der Waals surface area contributed by atoms with E-state index in [0.717, 1.165) is 41.4 Å². The minimum absolute atomic E-state index is 0.210. The molecule has 4 rings (SSSR count). The number of hydrogen-bond donors (Lipinski definition) is 1. The molecule has 1 amide bonds. The Bertz CT molecular complexity index is 660. The lowest BCUT2D eigenvalue weighted by atomic mass is 9.75. The van der Waals surface area contributed by atoms with Crippen molar-refractivity contribution in [2.45, 2.75) is 32.1 Å². The third kappa shape index (κ3) is 2.35. The lowest BCUT2D eigenvalue weighted by Gasteiger charge is -2.41. The molecule has 1 saturated carbocycles. The van der Waals surface area contributed by atoms with Crippen LogP contribution in [0.5, 0.6) is 0 Å². The lowest BCUT2D eigenvalue weighted by Crippen LogP contribution is -2.44. The molecule has 2 fully saturated rings. The van der Waals surface area contributed by atoms with E-state index in [9.17, 15) is 4.79 Å². The minimum atomic E-state index is 0.210. The molecule has 3 heteroatoms. The normalized spacial score (nSPS) is 25.8. The smallest absolute Gasteiger partial charge is 0.253 e. The summed E-state index contributed by atoms with van der Waals surface area (Å²) in [5.41, 5.74) is 1.92. The third-order valence-corrected chi connectivity index (χ3v) is 5.38. The average Bonchev–Trinajstić information content (AvgIpc) is 3.01. The number of aromatic amines is 1. The van der Waals surface area contributed by atoms with Crippen LogP contribution < -0.4 is 0 Å². The van der Waals surface area contributed by atoms with Gasteiger partial charge >= 0.3 is 0 Å². The molecule has 2 atom stereocenters. The molecule has 0 bridgehead atoms. The number of carbonyl (C=O) groups excluding carboxylic acids is 1. The zero-order chi connectivity index (χ0) is 14.2. The van der Waals surface area contributed by atoms with Gasteiger partial charge in [0.15, 0.2) is 0 Å². The quantitative estimate of drug-likeness (QED) is 0.848. The molecular formula is C18H22N2O. The summed E-state index contributed by atoms with van der Waals surface area (Å²) < 4.78 is 0. The summed E-state index contributed by atoms with van der Waals surface area (Å²) in [5, 5.41) is 1.12. The fourth-order valence-corrected chi connectivity index (χ4v) is 4.15. The van der Waals surface area contributed by atoms with Crippen LogP contribution in [0.2, 0.25) is 0 Å². The molecule has 2 heterocycles. The SMILES string of the molecule is O=C(c1ccc2[nH]ccc2c1)N1CCC2CCCCC2C1. The van der Waals surface area contributed by atoms with Gasteiger partial charge < -0.3 is 9.88 Å². The van der Waals surface area contributed by atoms with Crippen LogP contribution in [0.4, 0.5) is 0 Å². The summed E-state index contributed by atoms with van der Waals surface area (Å²) in [6.45, 7) is 1.90. The Morgan fingerprint density at radius 2 is 1.95 bits per heavy atom. The highest BCUT2D eigenvalue weighted by atomic mass is 16.2. The molecule has 110 valence electrons. The zero-order valence-electron chi connectivity index (χ0n) is 12.3. The molecule has 0 spiro atoms. The number of carbonyl (C=O) groups is 1. The van der Waals surface area contributed by atoms with Gasteiger partial charge in [-0.05, 0) is 48.9 Å². The van der Waals surface area contributed by atoms with Crippen LogP contribution in [-0.2, 0) is 0 Å².